The monoisotopic (exact) mass is 514 g/mol. The third kappa shape index (κ3) is 5.40. The van der Waals surface area contributed by atoms with Crippen LogP contribution in [0.2, 0.25) is 0 Å². The van der Waals surface area contributed by atoms with Gasteiger partial charge >= 0.3 is 6.18 Å². The normalized spacial score (nSPS) is 13.2. The molecule has 1 unspecified atom stereocenters. The molecule has 0 bridgehead atoms. The maximum absolute atomic E-state index is 13.7. The number of carbonyl (C=O) groups excluding carboxylic acids is 1. The van der Waals surface area contributed by atoms with E-state index in [0.717, 1.165) is 11.7 Å². The third-order valence-electron chi connectivity index (χ3n) is 5.47. The van der Waals surface area contributed by atoms with Gasteiger partial charge in [-0.05, 0) is 36.8 Å². The Bertz CT molecular complexity index is 1330. The first kappa shape index (κ1) is 25.4. The molecule has 1 atom stereocenters. The van der Waals surface area contributed by atoms with Crippen LogP contribution in [0.3, 0.4) is 0 Å². The smallest absolute Gasteiger partial charge is 0.362 e. The lowest BCUT2D eigenvalue weighted by atomic mass is 10.0. The summed E-state index contributed by atoms with van der Waals surface area (Å²) in [6.45, 7) is 2.77. The number of anilines is 4. The van der Waals surface area contributed by atoms with Crippen molar-refractivity contribution in [2.24, 2.45) is 0 Å². The predicted molar refractivity (Wildman–Crippen MR) is 131 cm³/mol. The first-order chi connectivity index (χ1) is 17.2. The van der Waals surface area contributed by atoms with Crippen LogP contribution in [0.4, 0.5) is 36.3 Å². The highest BCUT2D eigenvalue weighted by Crippen LogP contribution is 2.38. The number of alkyl halides is 3. The van der Waals surface area contributed by atoms with Crippen LogP contribution in [0.25, 0.3) is 0 Å². The van der Waals surface area contributed by atoms with Crippen molar-refractivity contribution in [3.8, 4) is 6.07 Å². The molecule has 2 heterocycles. The van der Waals surface area contributed by atoms with Gasteiger partial charge in [0, 0.05) is 52.6 Å². The van der Waals surface area contributed by atoms with E-state index in [-0.39, 0.29) is 23.7 Å². The minimum atomic E-state index is -4.74. The fourth-order valence-electron chi connectivity index (χ4n) is 3.71. The highest BCUT2D eigenvalue weighted by molar-refractivity contribution is 7.31. The number of nitrogens with one attached hydrogen (secondary N) is 2. The molecule has 8 nitrogen and oxygen atoms in total. The zero-order valence-corrected chi connectivity index (χ0v) is 20.4. The number of aromatic nitrogens is 2. The van der Waals surface area contributed by atoms with Crippen LogP contribution in [0.5, 0.6) is 0 Å². The topological polar surface area (TPSA) is 103 Å². The Morgan fingerprint density at radius 2 is 1.94 bits per heavy atom. The molecule has 36 heavy (non-hydrogen) atoms. The van der Waals surface area contributed by atoms with E-state index < -0.39 is 23.5 Å². The van der Waals surface area contributed by atoms with Gasteiger partial charge in [-0.2, -0.15) is 23.4 Å². The van der Waals surface area contributed by atoms with Gasteiger partial charge in [0.25, 0.3) is 5.91 Å². The maximum atomic E-state index is 13.7. The van der Waals surface area contributed by atoms with Crippen LogP contribution in [0, 0.1) is 11.3 Å². The quantitative estimate of drug-likeness (QED) is 0.299. The Labute approximate surface area is 207 Å². The minimum Gasteiger partial charge on any atom is -0.362 e. The number of hydrogen-bond acceptors (Lipinski definition) is 7. The Balaban J connectivity index is 1.64. The van der Waals surface area contributed by atoms with Crippen molar-refractivity contribution in [1.82, 2.24) is 14.9 Å². The molecule has 1 aromatic heterocycles. The fraction of sp³-hybridized carbons (Fsp3) is 0.250. The van der Waals surface area contributed by atoms with E-state index in [1.807, 2.05) is 25.1 Å². The molecular formula is C24H22F3N6O2P. The van der Waals surface area contributed by atoms with Gasteiger partial charge in [0.05, 0.1) is 22.9 Å². The zero-order chi connectivity index (χ0) is 25.9. The largest absolute Gasteiger partial charge is 0.421 e. The molecule has 0 radical (unpaired) electrons. The lowest BCUT2D eigenvalue weighted by Gasteiger charge is -2.16. The number of hydrogen-bond donors (Lipinski definition) is 2. The Morgan fingerprint density at radius 1 is 1.19 bits per heavy atom. The molecule has 186 valence electrons. The van der Waals surface area contributed by atoms with Crippen molar-refractivity contribution in [3.05, 3.63) is 70.4 Å². The van der Waals surface area contributed by atoms with Gasteiger partial charge in [-0.15, -0.1) is 0 Å². The molecule has 0 saturated heterocycles. The van der Waals surface area contributed by atoms with E-state index in [9.17, 15) is 23.2 Å². The number of benzene rings is 2. The number of carbonyl (C=O) groups is 1. The van der Waals surface area contributed by atoms with E-state index in [2.05, 4.69) is 20.6 Å². The van der Waals surface area contributed by atoms with Crippen LogP contribution >= 0.6 is 8.81 Å². The second-order valence-corrected chi connectivity index (χ2v) is 8.87. The highest BCUT2D eigenvalue weighted by atomic mass is 31.1. The van der Waals surface area contributed by atoms with Gasteiger partial charge in [-0.25, -0.2) is 4.98 Å². The van der Waals surface area contributed by atoms with Crippen LogP contribution < -0.4 is 10.6 Å². The summed E-state index contributed by atoms with van der Waals surface area (Å²) >= 11 is 0. The number of nitrogens with zero attached hydrogens (tertiary/aromatic N) is 4. The van der Waals surface area contributed by atoms with Crippen molar-refractivity contribution in [1.29, 1.82) is 5.26 Å². The summed E-state index contributed by atoms with van der Waals surface area (Å²) in [7, 11) is 1.91. The lowest BCUT2D eigenvalue weighted by Crippen LogP contribution is -2.18. The number of amides is 1. The molecule has 1 aliphatic rings. The maximum Gasteiger partial charge on any atom is 0.421 e. The third-order valence-corrected chi connectivity index (χ3v) is 6.51. The number of rotatable bonds is 8. The molecule has 12 heteroatoms. The molecule has 1 amide bonds. The van der Waals surface area contributed by atoms with Gasteiger partial charge in [0.2, 0.25) is 5.95 Å². The molecule has 0 fully saturated rings. The average molecular weight is 514 g/mol. The molecule has 0 spiro atoms. The summed E-state index contributed by atoms with van der Waals surface area (Å²) in [6, 6.07) is 12.2. The lowest BCUT2D eigenvalue weighted by molar-refractivity contribution is -0.137. The van der Waals surface area contributed by atoms with E-state index in [1.54, 1.807) is 19.2 Å². The molecule has 0 saturated carbocycles. The van der Waals surface area contributed by atoms with E-state index in [0.29, 0.717) is 38.4 Å². The molecule has 4 rings (SSSR count). The SMILES string of the molecule is CCOPCc1ccc(Nc2ncc(C(F)(F)F)c(Nc3ccc(C#N)c4c3C(=O)N(C)C4)n2)cc1. The van der Waals surface area contributed by atoms with Gasteiger partial charge in [-0.1, -0.05) is 12.1 Å². The Morgan fingerprint density at radius 3 is 2.61 bits per heavy atom. The minimum absolute atomic E-state index is 0.0526. The summed E-state index contributed by atoms with van der Waals surface area (Å²) in [5.74, 6) is -0.956. The van der Waals surface area contributed by atoms with E-state index >= 15 is 0 Å². The molecule has 2 aromatic carbocycles. The van der Waals surface area contributed by atoms with Crippen LogP contribution in [-0.4, -0.2) is 34.4 Å². The van der Waals surface area contributed by atoms with Crippen LogP contribution in [0.1, 0.15) is 39.5 Å². The second-order valence-electron chi connectivity index (χ2n) is 7.94. The summed E-state index contributed by atoms with van der Waals surface area (Å²) in [6.07, 6.45) is -3.28. The van der Waals surface area contributed by atoms with Crippen molar-refractivity contribution >= 4 is 37.9 Å². The van der Waals surface area contributed by atoms with Gasteiger partial charge in [0.15, 0.2) is 0 Å². The van der Waals surface area contributed by atoms with Gasteiger partial charge < -0.3 is 20.1 Å². The van der Waals surface area contributed by atoms with E-state index in [4.69, 9.17) is 4.52 Å². The summed E-state index contributed by atoms with van der Waals surface area (Å²) in [4.78, 5) is 22.0. The highest BCUT2D eigenvalue weighted by Gasteiger charge is 2.36. The van der Waals surface area contributed by atoms with Crippen LogP contribution in [-0.2, 0) is 23.4 Å². The van der Waals surface area contributed by atoms with Crippen molar-refractivity contribution in [2.45, 2.75) is 25.8 Å². The van der Waals surface area contributed by atoms with Gasteiger partial charge in [0.1, 0.15) is 11.4 Å². The fourth-order valence-corrected chi connectivity index (χ4v) is 4.42. The molecule has 3 aromatic rings. The molecular weight excluding hydrogens is 492 g/mol. The molecule has 1 aliphatic heterocycles. The first-order valence-electron chi connectivity index (χ1n) is 10.9. The Kier molecular flexibility index (Phi) is 7.38. The summed E-state index contributed by atoms with van der Waals surface area (Å²) in [5, 5.41) is 14.9. The van der Waals surface area contributed by atoms with Crippen molar-refractivity contribution in [2.75, 3.05) is 24.3 Å². The average Bonchev–Trinajstić information content (AvgIpc) is 3.14. The standard InChI is InChI=1S/C24H22F3N6O2P/c1-3-35-36-13-14-4-7-16(8-5-14)30-23-29-11-18(24(25,26)27)21(32-23)31-19-9-6-15(10-28)17-12-33(2)22(34)20(17)19/h4-9,11,36H,3,12-13H2,1-2H3,(H2,29,30,31,32). The summed E-state index contributed by atoms with van der Waals surface area (Å²) in [5.41, 5.74) is 1.61. The predicted octanol–water partition coefficient (Wildman–Crippen LogP) is 5.57. The number of nitriles is 1. The molecule has 0 aliphatic carbocycles. The van der Waals surface area contributed by atoms with Crippen molar-refractivity contribution in [3.63, 3.8) is 0 Å². The van der Waals surface area contributed by atoms with Gasteiger partial charge in [-0.3, -0.25) is 4.79 Å². The first-order valence-corrected chi connectivity index (χ1v) is 12.1. The van der Waals surface area contributed by atoms with Crippen molar-refractivity contribution < 1.29 is 22.5 Å². The number of halogens is 3. The molecule has 2 N–H and O–H groups in total. The Hall–Kier alpha value is -3.74. The zero-order valence-electron chi connectivity index (χ0n) is 19.4. The summed E-state index contributed by atoms with van der Waals surface area (Å²) < 4.78 is 46.6. The van der Waals surface area contributed by atoms with E-state index in [1.165, 1.54) is 17.0 Å². The second kappa shape index (κ2) is 10.5. The number of fused-ring (bicyclic) bond motifs is 1. The van der Waals surface area contributed by atoms with Crippen LogP contribution in [0.15, 0.2) is 42.6 Å².